The molecule has 2 aromatic carbocycles. The molecule has 2 aliphatic heterocycles. The Hall–Kier alpha value is -2.78. The molecule has 0 saturated carbocycles. The Labute approximate surface area is 193 Å². The summed E-state index contributed by atoms with van der Waals surface area (Å²) in [6.07, 6.45) is 2.15. The molecular weight excluding hydrogens is 445 g/mol. The lowest BCUT2D eigenvalue weighted by molar-refractivity contribution is -0.141. The standard InChI is InChI=1S/C24H28FN3O4S/c1-17-4-10-21(11-5-17)33(31,32)27-15-12-18(13-16-27)24(30)28-14-2-3-22(28)23(29)26-20-8-6-19(25)7-9-20/h4-11,18,22H,2-3,12-16H2,1H3,(H,26,29)/t22-/m1/s1. The zero-order valence-corrected chi connectivity index (χ0v) is 19.4. The van der Waals surface area contributed by atoms with Gasteiger partial charge in [0.2, 0.25) is 21.8 Å². The van der Waals surface area contributed by atoms with Crippen LogP contribution in [0.2, 0.25) is 0 Å². The molecule has 1 atom stereocenters. The van der Waals surface area contributed by atoms with E-state index >= 15 is 0 Å². The van der Waals surface area contributed by atoms with Gasteiger partial charge in [-0.05, 0) is 69.0 Å². The number of halogens is 1. The van der Waals surface area contributed by atoms with E-state index < -0.39 is 16.1 Å². The largest absolute Gasteiger partial charge is 0.330 e. The van der Waals surface area contributed by atoms with E-state index in [1.165, 1.54) is 28.6 Å². The van der Waals surface area contributed by atoms with Crippen LogP contribution >= 0.6 is 0 Å². The number of benzene rings is 2. The van der Waals surface area contributed by atoms with E-state index in [9.17, 15) is 22.4 Å². The van der Waals surface area contributed by atoms with E-state index in [1.54, 1.807) is 29.2 Å². The molecule has 4 rings (SSSR count). The minimum absolute atomic E-state index is 0.0980. The van der Waals surface area contributed by atoms with Crippen LogP contribution in [0, 0.1) is 18.7 Å². The van der Waals surface area contributed by atoms with Crippen molar-refractivity contribution >= 4 is 27.5 Å². The number of sulfonamides is 1. The van der Waals surface area contributed by atoms with Crippen molar-refractivity contribution in [3.05, 3.63) is 59.9 Å². The summed E-state index contributed by atoms with van der Waals surface area (Å²) in [4.78, 5) is 27.9. The summed E-state index contributed by atoms with van der Waals surface area (Å²) >= 11 is 0. The third-order valence-electron chi connectivity index (χ3n) is 6.41. The molecule has 0 aliphatic carbocycles. The fourth-order valence-corrected chi connectivity index (χ4v) is 5.97. The van der Waals surface area contributed by atoms with Gasteiger partial charge in [-0.1, -0.05) is 17.7 Å². The molecule has 2 saturated heterocycles. The summed E-state index contributed by atoms with van der Waals surface area (Å²) in [7, 11) is -3.59. The van der Waals surface area contributed by atoms with Crippen molar-refractivity contribution in [1.29, 1.82) is 0 Å². The Morgan fingerprint density at radius 2 is 1.58 bits per heavy atom. The minimum atomic E-state index is -3.59. The first kappa shape index (κ1) is 23.4. The van der Waals surface area contributed by atoms with E-state index in [0.29, 0.717) is 31.5 Å². The molecule has 2 aliphatic rings. The summed E-state index contributed by atoms with van der Waals surface area (Å²) in [6.45, 7) is 2.95. The Morgan fingerprint density at radius 3 is 2.21 bits per heavy atom. The van der Waals surface area contributed by atoms with Crippen molar-refractivity contribution in [3.63, 3.8) is 0 Å². The van der Waals surface area contributed by atoms with Crippen molar-refractivity contribution in [2.24, 2.45) is 5.92 Å². The minimum Gasteiger partial charge on any atom is -0.330 e. The number of piperidine rings is 1. The van der Waals surface area contributed by atoms with Crippen LogP contribution in [0.15, 0.2) is 53.4 Å². The average molecular weight is 474 g/mol. The Bertz CT molecular complexity index is 1110. The van der Waals surface area contributed by atoms with E-state index in [2.05, 4.69) is 5.32 Å². The van der Waals surface area contributed by atoms with Gasteiger partial charge in [-0.25, -0.2) is 12.8 Å². The van der Waals surface area contributed by atoms with Crippen LogP contribution in [0.1, 0.15) is 31.2 Å². The molecule has 7 nitrogen and oxygen atoms in total. The lowest BCUT2D eigenvalue weighted by atomic mass is 9.96. The van der Waals surface area contributed by atoms with Crippen molar-refractivity contribution < 1.29 is 22.4 Å². The van der Waals surface area contributed by atoms with Gasteiger partial charge in [0, 0.05) is 31.2 Å². The Kier molecular flexibility index (Phi) is 6.81. The van der Waals surface area contributed by atoms with Gasteiger partial charge in [-0.3, -0.25) is 9.59 Å². The maximum atomic E-state index is 13.2. The van der Waals surface area contributed by atoms with Gasteiger partial charge in [0.15, 0.2) is 0 Å². The SMILES string of the molecule is Cc1ccc(S(=O)(=O)N2CCC(C(=O)N3CCC[C@@H]3C(=O)Nc3ccc(F)cc3)CC2)cc1. The molecule has 0 aromatic heterocycles. The van der Waals surface area contributed by atoms with Gasteiger partial charge in [0.05, 0.1) is 4.90 Å². The fraction of sp³-hybridized carbons (Fsp3) is 0.417. The molecule has 0 unspecified atom stereocenters. The topological polar surface area (TPSA) is 86.8 Å². The number of amides is 2. The molecule has 1 N–H and O–H groups in total. The molecule has 2 fully saturated rings. The number of hydrogen-bond donors (Lipinski definition) is 1. The third kappa shape index (κ3) is 5.09. The maximum absolute atomic E-state index is 13.2. The number of likely N-dealkylation sites (tertiary alicyclic amines) is 1. The highest BCUT2D eigenvalue weighted by atomic mass is 32.2. The van der Waals surface area contributed by atoms with Crippen molar-refractivity contribution in [2.45, 2.75) is 43.5 Å². The van der Waals surface area contributed by atoms with Gasteiger partial charge < -0.3 is 10.2 Å². The maximum Gasteiger partial charge on any atom is 0.247 e. The van der Waals surface area contributed by atoms with E-state index in [1.807, 2.05) is 6.92 Å². The fourth-order valence-electron chi connectivity index (χ4n) is 4.50. The highest BCUT2D eigenvalue weighted by molar-refractivity contribution is 7.89. The van der Waals surface area contributed by atoms with Crippen LogP contribution < -0.4 is 5.32 Å². The van der Waals surface area contributed by atoms with Crippen LogP contribution in [0.25, 0.3) is 0 Å². The quantitative estimate of drug-likeness (QED) is 0.723. The summed E-state index contributed by atoms with van der Waals surface area (Å²) < 4.78 is 40.4. The van der Waals surface area contributed by atoms with Gasteiger partial charge in [-0.2, -0.15) is 4.31 Å². The lowest BCUT2D eigenvalue weighted by Gasteiger charge is -2.34. The zero-order chi connectivity index (χ0) is 23.6. The molecule has 2 amide bonds. The first-order chi connectivity index (χ1) is 15.8. The molecule has 33 heavy (non-hydrogen) atoms. The second-order valence-corrected chi connectivity index (χ2v) is 10.6. The lowest BCUT2D eigenvalue weighted by Crippen LogP contribution is -2.48. The molecular formula is C24H28FN3O4S. The highest BCUT2D eigenvalue weighted by Gasteiger charge is 2.39. The number of nitrogens with zero attached hydrogens (tertiary/aromatic N) is 2. The number of carbonyl (C=O) groups is 2. The van der Waals surface area contributed by atoms with Crippen molar-refractivity contribution in [2.75, 3.05) is 25.0 Å². The second-order valence-electron chi connectivity index (χ2n) is 8.68. The van der Waals surface area contributed by atoms with Crippen LogP contribution in [-0.4, -0.2) is 55.1 Å². The van der Waals surface area contributed by atoms with Crippen LogP contribution in [0.3, 0.4) is 0 Å². The molecule has 0 spiro atoms. The Morgan fingerprint density at radius 1 is 0.939 bits per heavy atom. The molecule has 0 bridgehead atoms. The number of aryl methyl sites for hydroxylation is 1. The van der Waals surface area contributed by atoms with E-state index in [-0.39, 0.29) is 41.5 Å². The molecule has 176 valence electrons. The first-order valence-corrected chi connectivity index (χ1v) is 12.6. The molecule has 0 radical (unpaired) electrons. The number of anilines is 1. The predicted octanol–water partition coefficient (Wildman–Crippen LogP) is 3.16. The Balaban J connectivity index is 1.37. The number of rotatable bonds is 5. The van der Waals surface area contributed by atoms with Crippen LogP contribution in [0.5, 0.6) is 0 Å². The smallest absolute Gasteiger partial charge is 0.247 e. The summed E-state index contributed by atoms with van der Waals surface area (Å²) in [6, 6.07) is 11.7. The van der Waals surface area contributed by atoms with E-state index in [0.717, 1.165) is 12.0 Å². The van der Waals surface area contributed by atoms with E-state index in [4.69, 9.17) is 0 Å². The number of carbonyl (C=O) groups excluding carboxylic acids is 2. The van der Waals surface area contributed by atoms with Gasteiger partial charge >= 0.3 is 0 Å². The van der Waals surface area contributed by atoms with Gasteiger partial charge in [0.1, 0.15) is 11.9 Å². The monoisotopic (exact) mass is 473 g/mol. The van der Waals surface area contributed by atoms with Gasteiger partial charge in [-0.15, -0.1) is 0 Å². The first-order valence-electron chi connectivity index (χ1n) is 11.2. The van der Waals surface area contributed by atoms with Crippen LogP contribution in [-0.2, 0) is 19.6 Å². The van der Waals surface area contributed by atoms with Crippen LogP contribution in [0.4, 0.5) is 10.1 Å². The molecule has 2 heterocycles. The zero-order valence-electron chi connectivity index (χ0n) is 18.5. The molecule has 2 aromatic rings. The third-order valence-corrected chi connectivity index (χ3v) is 8.33. The predicted molar refractivity (Wildman–Crippen MR) is 122 cm³/mol. The number of nitrogens with one attached hydrogen (secondary N) is 1. The molecule has 9 heteroatoms. The van der Waals surface area contributed by atoms with Crippen molar-refractivity contribution in [1.82, 2.24) is 9.21 Å². The number of hydrogen-bond acceptors (Lipinski definition) is 4. The summed E-state index contributed by atoms with van der Waals surface area (Å²) in [5, 5.41) is 2.76. The summed E-state index contributed by atoms with van der Waals surface area (Å²) in [5.41, 5.74) is 1.47. The second kappa shape index (κ2) is 9.61. The van der Waals surface area contributed by atoms with Gasteiger partial charge in [0.25, 0.3) is 0 Å². The normalized spacial score (nSPS) is 20.1. The van der Waals surface area contributed by atoms with Crippen molar-refractivity contribution in [3.8, 4) is 0 Å². The highest BCUT2D eigenvalue weighted by Crippen LogP contribution is 2.28. The average Bonchev–Trinajstić information content (AvgIpc) is 3.31. The summed E-state index contributed by atoms with van der Waals surface area (Å²) in [5.74, 6) is -1.08.